The largest absolute Gasteiger partial charge is 0.295 e. The van der Waals surface area contributed by atoms with Crippen LogP contribution in [0.15, 0.2) is 47.5 Å². The fourth-order valence-electron chi connectivity index (χ4n) is 2.96. The number of halogens is 4. The Hall–Kier alpha value is -1.29. The van der Waals surface area contributed by atoms with Crippen LogP contribution in [0.5, 0.6) is 0 Å². The van der Waals surface area contributed by atoms with Gasteiger partial charge in [-0.3, -0.25) is 9.69 Å². The summed E-state index contributed by atoms with van der Waals surface area (Å²) in [7, 11) is 0. The van der Waals surface area contributed by atoms with Crippen molar-refractivity contribution in [1.29, 1.82) is 0 Å². The molecule has 6 heteroatoms. The Kier molecular flexibility index (Phi) is 6.67. The van der Waals surface area contributed by atoms with Gasteiger partial charge in [0.1, 0.15) is 0 Å². The molecule has 27 heavy (non-hydrogen) atoms. The fourth-order valence-corrected chi connectivity index (χ4v) is 3.66. The van der Waals surface area contributed by atoms with E-state index < -0.39 is 0 Å². The van der Waals surface area contributed by atoms with Gasteiger partial charge in [-0.25, -0.2) is 0 Å². The minimum absolute atomic E-state index is 0.0215. The first kappa shape index (κ1) is 20.4. The van der Waals surface area contributed by atoms with E-state index in [1.165, 1.54) is 0 Å². The number of ketones is 1. The number of carbonyl (C=O) groups excluding carboxylic acids is 1. The van der Waals surface area contributed by atoms with Crippen LogP contribution in [0.4, 0.5) is 0 Å². The lowest BCUT2D eigenvalue weighted by Crippen LogP contribution is -2.37. The molecule has 0 atom stereocenters. The van der Waals surface area contributed by atoms with Crippen molar-refractivity contribution in [1.82, 2.24) is 4.90 Å². The van der Waals surface area contributed by atoms with Crippen molar-refractivity contribution in [2.75, 3.05) is 19.6 Å². The van der Waals surface area contributed by atoms with Gasteiger partial charge in [-0.1, -0.05) is 53.3 Å². The van der Waals surface area contributed by atoms with Gasteiger partial charge in [0, 0.05) is 44.3 Å². The van der Waals surface area contributed by atoms with Gasteiger partial charge in [-0.15, -0.1) is 0 Å². The number of rotatable bonds is 3. The molecule has 0 unspecified atom stereocenters. The molecule has 0 saturated carbocycles. The number of hydrogen-bond donors (Lipinski definition) is 0. The summed E-state index contributed by atoms with van der Waals surface area (Å²) in [6, 6.07) is 10.4. The number of carbonyl (C=O) groups is 1. The van der Waals surface area contributed by atoms with E-state index in [1.807, 2.05) is 12.2 Å². The van der Waals surface area contributed by atoms with Crippen LogP contribution in [0.25, 0.3) is 12.2 Å². The van der Waals surface area contributed by atoms with E-state index in [4.69, 9.17) is 46.4 Å². The third-order valence-electron chi connectivity index (χ3n) is 4.39. The zero-order valence-corrected chi connectivity index (χ0v) is 17.6. The summed E-state index contributed by atoms with van der Waals surface area (Å²) in [4.78, 5) is 15.2. The second-order valence-corrected chi connectivity index (χ2v) is 7.99. The fraction of sp³-hybridized carbons (Fsp3) is 0.190. The molecule has 1 aliphatic rings. The maximum atomic E-state index is 13.1. The van der Waals surface area contributed by atoms with Crippen LogP contribution in [-0.2, 0) is 4.79 Å². The second kappa shape index (κ2) is 8.81. The number of Topliss-reactive ketones (excluding diaryl/α,β-unsaturated/α-hetero) is 1. The van der Waals surface area contributed by atoms with E-state index in [1.54, 1.807) is 36.4 Å². The van der Waals surface area contributed by atoms with E-state index in [0.717, 1.165) is 17.7 Å². The van der Waals surface area contributed by atoms with E-state index in [0.29, 0.717) is 44.3 Å². The monoisotopic (exact) mass is 439 g/mol. The van der Waals surface area contributed by atoms with Gasteiger partial charge in [0.25, 0.3) is 0 Å². The van der Waals surface area contributed by atoms with Crippen LogP contribution in [0.1, 0.15) is 18.1 Å². The topological polar surface area (TPSA) is 20.3 Å². The average Bonchev–Trinajstić information content (AvgIpc) is 2.64. The molecular weight excluding hydrogens is 424 g/mol. The highest BCUT2D eigenvalue weighted by atomic mass is 35.5. The SMILES string of the molecule is CCN1C/C(=C\c2cc(Cl)ccc2Cl)C(=O)/C(=C/c2cc(Cl)ccc2Cl)C1. The van der Waals surface area contributed by atoms with Gasteiger partial charge in [0.05, 0.1) is 0 Å². The molecular formula is C21H17Cl4NO. The molecule has 3 rings (SSSR count). The minimum atomic E-state index is -0.0215. The Morgan fingerprint density at radius 2 is 1.30 bits per heavy atom. The van der Waals surface area contributed by atoms with E-state index in [2.05, 4.69) is 11.8 Å². The van der Waals surface area contributed by atoms with Crippen molar-refractivity contribution in [2.24, 2.45) is 0 Å². The maximum absolute atomic E-state index is 13.1. The summed E-state index contributed by atoms with van der Waals surface area (Å²) in [5, 5.41) is 2.25. The normalized spacial score (nSPS) is 18.5. The Morgan fingerprint density at radius 1 is 0.852 bits per heavy atom. The molecule has 0 amide bonds. The van der Waals surface area contributed by atoms with Crippen molar-refractivity contribution < 1.29 is 4.79 Å². The Bertz CT molecular complexity index is 876. The van der Waals surface area contributed by atoms with Gasteiger partial charge in [0.15, 0.2) is 5.78 Å². The molecule has 0 N–H and O–H groups in total. The first-order valence-corrected chi connectivity index (χ1v) is 9.97. The maximum Gasteiger partial charge on any atom is 0.187 e. The lowest BCUT2D eigenvalue weighted by Gasteiger charge is -2.28. The minimum Gasteiger partial charge on any atom is -0.295 e. The van der Waals surface area contributed by atoms with Crippen molar-refractivity contribution in [2.45, 2.75) is 6.92 Å². The number of likely N-dealkylation sites (tertiary alicyclic amines) is 1. The highest BCUT2D eigenvalue weighted by Crippen LogP contribution is 2.28. The Balaban J connectivity index is 2.03. The summed E-state index contributed by atoms with van der Waals surface area (Å²) in [6.07, 6.45) is 3.62. The third kappa shape index (κ3) is 4.96. The standard InChI is InChI=1S/C21H17Cl4NO/c1-2-26-11-15(7-13-9-17(22)3-5-19(13)24)21(27)16(12-26)8-14-10-18(23)4-6-20(14)25/h3-10H,2,11-12H2,1H3/b15-7+,16-8+. The molecule has 2 nitrogen and oxygen atoms in total. The van der Waals surface area contributed by atoms with E-state index in [9.17, 15) is 4.79 Å². The van der Waals surface area contributed by atoms with Gasteiger partial charge in [-0.05, 0) is 66.2 Å². The molecule has 1 aliphatic heterocycles. The zero-order valence-electron chi connectivity index (χ0n) is 14.6. The number of likely N-dealkylation sites (N-methyl/N-ethyl adjacent to an activating group) is 1. The molecule has 1 heterocycles. The predicted octanol–water partition coefficient (Wildman–Crippen LogP) is 6.67. The highest BCUT2D eigenvalue weighted by Gasteiger charge is 2.25. The van der Waals surface area contributed by atoms with Crippen molar-refractivity contribution in [3.8, 4) is 0 Å². The Morgan fingerprint density at radius 3 is 1.70 bits per heavy atom. The third-order valence-corrected chi connectivity index (χ3v) is 5.55. The van der Waals surface area contributed by atoms with Gasteiger partial charge in [-0.2, -0.15) is 0 Å². The molecule has 1 saturated heterocycles. The van der Waals surface area contributed by atoms with Crippen LogP contribution < -0.4 is 0 Å². The summed E-state index contributed by atoms with van der Waals surface area (Å²) < 4.78 is 0. The summed E-state index contributed by atoms with van der Waals surface area (Å²) in [6.45, 7) is 3.98. The molecule has 140 valence electrons. The molecule has 0 aliphatic carbocycles. The smallest absolute Gasteiger partial charge is 0.187 e. The van der Waals surface area contributed by atoms with Crippen LogP contribution in [0.2, 0.25) is 20.1 Å². The van der Waals surface area contributed by atoms with Crippen LogP contribution in [0, 0.1) is 0 Å². The highest BCUT2D eigenvalue weighted by molar-refractivity contribution is 6.35. The summed E-state index contributed by atoms with van der Waals surface area (Å²) in [5.74, 6) is -0.0215. The van der Waals surface area contributed by atoms with Crippen molar-refractivity contribution in [3.63, 3.8) is 0 Å². The van der Waals surface area contributed by atoms with Crippen LogP contribution in [-0.4, -0.2) is 30.3 Å². The van der Waals surface area contributed by atoms with Gasteiger partial charge >= 0.3 is 0 Å². The number of piperidine rings is 1. The van der Waals surface area contributed by atoms with Crippen LogP contribution in [0.3, 0.4) is 0 Å². The van der Waals surface area contributed by atoms with Gasteiger partial charge < -0.3 is 0 Å². The number of benzene rings is 2. The van der Waals surface area contributed by atoms with E-state index in [-0.39, 0.29) is 5.78 Å². The first-order chi connectivity index (χ1) is 12.9. The quantitative estimate of drug-likeness (QED) is 0.496. The summed E-state index contributed by atoms with van der Waals surface area (Å²) >= 11 is 24.7. The molecule has 0 aromatic heterocycles. The zero-order chi connectivity index (χ0) is 19.6. The number of hydrogen-bond acceptors (Lipinski definition) is 2. The van der Waals surface area contributed by atoms with E-state index >= 15 is 0 Å². The first-order valence-electron chi connectivity index (χ1n) is 8.45. The second-order valence-electron chi connectivity index (χ2n) is 6.30. The molecule has 2 aromatic carbocycles. The number of nitrogens with zero attached hydrogens (tertiary/aromatic N) is 1. The molecule has 1 fully saturated rings. The lowest BCUT2D eigenvalue weighted by atomic mass is 9.94. The summed E-state index contributed by atoms with van der Waals surface area (Å²) in [5.41, 5.74) is 2.78. The van der Waals surface area contributed by atoms with Crippen molar-refractivity contribution in [3.05, 3.63) is 78.8 Å². The molecule has 0 radical (unpaired) electrons. The molecule has 0 spiro atoms. The van der Waals surface area contributed by atoms with Gasteiger partial charge in [0.2, 0.25) is 0 Å². The van der Waals surface area contributed by atoms with Crippen molar-refractivity contribution >= 4 is 64.3 Å². The molecule has 2 aromatic rings. The average molecular weight is 441 g/mol. The lowest BCUT2D eigenvalue weighted by molar-refractivity contribution is -0.113. The Labute approximate surface area is 179 Å². The van der Waals surface area contributed by atoms with Crippen LogP contribution >= 0.6 is 46.4 Å². The molecule has 0 bridgehead atoms. The predicted molar refractivity (Wildman–Crippen MR) is 116 cm³/mol.